The molecule has 4 rings (SSSR count). The van der Waals surface area contributed by atoms with Crippen LogP contribution in [0.4, 0.5) is 26.8 Å². The Hall–Kier alpha value is -3.14. The smallest absolute Gasteiger partial charge is 0.190 e. The van der Waals surface area contributed by atoms with E-state index in [1.807, 2.05) is 36.2 Å². The summed E-state index contributed by atoms with van der Waals surface area (Å²) < 4.78 is 18.4. The highest BCUT2D eigenvalue weighted by Crippen LogP contribution is 2.30. The Labute approximate surface area is 190 Å². The second kappa shape index (κ2) is 9.99. The Kier molecular flexibility index (Phi) is 6.89. The lowest BCUT2D eigenvalue weighted by Crippen LogP contribution is -2.22. The van der Waals surface area contributed by atoms with Crippen LogP contribution < -0.4 is 10.2 Å². The van der Waals surface area contributed by atoms with Gasteiger partial charge in [-0.05, 0) is 61.1 Å². The number of nitrogens with one attached hydrogen (secondary N) is 1. The first-order chi connectivity index (χ1) is 15.5. The average Bonchev–Trinajstić information content (AvgIpc) is 3.19. The molecule has 0 fully saturated rings. The van der Waals surface area contributed by atoms with Gasteiger partial charge in [-0.2, -0.15) is 0 Å². The number of fused-ring (bicyclic) bond motifs is 1. The summed E-state index contributed by atoms with van der Waals surface area (Å²) in [5.41, 5.74) is 2.82. The maximum Gasteiger partial charge on any atom is 0.190 e. The first kappa shape index (κ1) is 22.1. The zero-order chi connectivity index (χ0) is 22.5. The van der Waals surface area contributed by atoms with Gasteiger partial charge in [0.25, 0.3) is 0 Å². The summed E-state index contributed by atoms with van der Waals surface area (Å²) in [4.78, 5) is 18.7. The fourth-order valence-corrected chi connectivity index (χ4v) is 4.07. The van der Waals surface area contributed by atoms with Gasteiger partial charge in [-0.15, -0.1) is 0 Å². The van der Waals surface area contributed by atoms with Crippen LogP contribution >= 0.6 is 11.3 Å². The summed E-state index contributed by atoms with van der Waals surface area (Å²) >= 11 is 1.47. The lowest BCUT2D eigenvalue weighted by atomic mass is 10.2. The van der Waals surface area contributed by atoms with Crippen LogP contribution in [-0.2, 0) is 11.3 Å². The van der Waals surface area contributed by atoms with Crippen LogP contribution in [-0.4, -0.2) is 54.2 Å². The van der Waals surface area contributed by atoms with E-state index < -0.39 is 0 Å². The maximum absolute atomic E-state index is 13.2. The molecule has 0 spiro atoms. The molecule has 0 saturated carbocycles. The molecule has 0 amide bonds. The number of rotatable bonds is 9. The first-order valence-corrected chi connectivity index (χ1v) is 11.0. The number of likely N-dealkylation sites (N-methyl/N-ethyl adjacent to an activating group) is 1. The van der Waals surface area contributed by atoms with Gasteiger partial charge in [0.1, 0.15) is 27.8 Å². The molecule has 3 heterocycles. The van der Waals surface area contributed by atoms with E-state index in [-0.39, 0.29) is 5.82 Å². The number of nitrogens with zero attached hydrogens (tertiary/aromatic N) is 5. The molecule has 1 N–H and O–H groups in total. The molecule has 0 aliphatic heterocycles. The van der Waals surface area contributed by atoms with Crippen molar-refractivity contribution in [2.45, 2.75) is 6.54 Å². The molecule has 0 radical (unpaired) electrons. The Morgan fingerprint density at radius 2 is 1.88 bits per heavy atom. The minimum Gasteiger partial charge on any atom is -0.383 e. The van der Waals surface area contributed by atoms with Crippen LogP contribution in [0.5, 0.6) is 0 Å². The fourth-order valence-electron chi connectivity index (χ4n) is 3.23. The van der Waals surface area contributed by atoms with Crippen molar-refractivity contribution < 1.29 is 9.13 Å². The van der Waals surface area contributed by atoms with Gasteiger partial charge in [-0.3, -0.25) is 4.90 Å². The predicted molar refractivity (Wildman–Crippen MR) is 128 cm³/mol. The predicted octanol–water partition coefficient (Wildman–Crippen LogP) is 4.82. The van der Waals surface area contributed by atoms with Crippen molar-refractivity contribution in [1.82, 2.24) is 19.9 Å². The monoisotopic (exact) mass is 452 g/mol. The molecule has 0 bridgehead atoms. The van der Waals surface area contributed by atoms with Gasteiger partial charge in [0.15, 0.2) is 5.13 Å². The molecule has 1 aromatic carbocycles. The zero-order valence-corrected chi connectivity index (χ0v) is 19.1. The van der Waals surface area contributed by atoms with Gasteiger partial charge in [0, 0.05) is 39.1 Å². The fraction of sp³-hybridized carbons (Fsp3) is 0.261. The lowest BCUT2D eigenvalue weighted by Gasteiger charge is -2.17. The van der Waals surface area contributed by atoms with Crippen LogP contribution in [0.15, 0.2) is 54.7 Å². The van der Waals surface area contributed by atoms with Gasteiger partial charge in [-0.25, -0.2) is 19.3 Å². The summed E-state index contributed by atoms with van der Waals surface area (Å²) in [6, 6.07) is 14.2. The standard InChI is InChI=1S/C23H25FN6OS/c1-29(12-13-31-3)15-16-10-11-25-20(14-16)27-23-26-19-8-9-21(28-22(19)32-23)30(2)18-6-4-17(24)5-7-18/h4-11,14H,12-13,15H2,1-3H3,(H,25,26,27). The Balaban J connectivity index is 1.48. The van der Waals surface area contributed by atoms with Crippen molar-refractivity contribution in [1.29, 1.82) is 0 Å². The number of ether oxygens (including phenoxy) is 1. The number of benzene rings is 1. The van der Waals surface area contributed by atoms with E-state index in [9.17, 15) is 4.39 Å². The van der Waals surface area contributed by atoms with Crippen molar-refractivity contribution in [3.63, 3.8) is 0 Å². The summed E-state index contributed by atoms with van der Waals surface area (Å²) in [5.74, 6) is 1.24. The minimum atomic E-state index is -0.261. The van der Waals surface area contributed by atoms with Gasteiger partial charge in [-0.1, -0.05) is 11.3 Å². The molecule has 0 aliphatic rings. The van der Waals surface area contributed by atoms with E-state index >= 15 is 0 Å². The van der Waals surface area contributed by atoms with Crippen LogP contribution in [0.3, 0.4) is 0 Å². The van der Waals surface area contributed by atoms with Crippen molar-refractivity contribution >= 4 is 44.1 Å². The molecule has 9 heteroatoms. The number of thiazole rings is 1. The molecule has 7 nitrogen and oxygen atoms in total. The molecular formula is C23H25FN6OS. The molecular weight excluding hydrogens is 427 g/mol. The van der Waals surface area contributed by atoms with Crippen molar-refractivity contribution in [3.8, 4) is 0 Å². The van der Waals surface area contributed by atoms with Crippen molar-refractivity contribution in [2.75, 3.05) is 44.6 Å². The third kappa shape index (κ3) is 5.37. The van der Waals surface area contributed by atoms with Gasteiger partial charge in [0.2, 0.25) is 0 Å². The summed E-state index contributed by atoms with van der Waals surface area (Å²) in [5, 5.41) is 4.02. The SMILES string of the molecule is COCCN(C)Cc1ccnc(Nc2nc3ccc(N(C)c4ccc(F)cc4)nc3s2)c1. The third-order valence-corrected chi connectivity index (χ3v) is 5.87. The summed E-state index contributed by atoms with van der Waals surface area (Å²) in [6.07, 6.45) is 1.79. The van der Waals surface area contributed by atoms with E-state index in [1.165, 1.54) is 23.5 Å². The molecule has 0 atom stereocenters. The number of hydrogen-bond donors (Lipinski definition) is 1. The highest BCUT2D eigenvalue weighted by atomic mass is 32.1. The lowest BCUT2D eigenvalue weighted by molar-refractivity contribution is 0.158. The Morgan fingerprint density at radius 1 is 1.06 bits per heavy atom. The zero-order valence-electron chi connectivity index (χ0n) is 18.2. The van der Waals surface area contributed by atoms with Crippen LogP contribution in [0, 0.1) is 5.82 Å². The molecule has 3 aromatic heterocycles. The number of hydrogen-bond acceptors (Lipinski definition) is 8. The average molecular weight is 453 g/mol. The molecule has 166 valence electrons. The number of pyridine rings is 2. The minimum absolute atomic E-state index is 0.261. The highest BCUT2D eigenvalue weighted by Gasteiger charge is 2.11. The van der Waals surface area contributed by atoms with E-state index in [1.54, 1.807) is 25.4 Å². The van der Waals surface area contributed by atoms with Crippen molar-refractivity contribution in [3.05, 3.63) is 66.1 Å². The maximum atomic E-state index is 13.2. The number of halogens is 1. The highest BCUT2D eigenvalue weighted by molar-refractivity contribution is 7.21. The Morgan fingerprint density at radius 3 is 2.66 bits per heavy atom. The number of methoxy groups -OCH3 is 1. The molecule has 0 unspecified atom stereocenters. The summed E-state index contributed by atoms with van der Waals surface area (Å²) in [6.45, 7) is 2.37. The molecule has 0 saturated heterocycles. The quantitative estimate of drug-likeness (QED) is 0.391. The largest absolute Gasteiger partial charge is 0.383 e. The van der Waals surface area contributed by atoms with Gasteiger partial charge >= 0.3 is 0 Å². The second-order valence-electron chi connectivity index (χ2n) is 7.45. The first-order valence-electron chi connectivity index (χ1n) is 10.2. The molecule has 4 aromatic rings. The van der Waals surface area contributed by atoms with E-state index in [4.69, 9.17) is 9.72 Å². The number of anilines is 4. The van der Waals surface area contributed by atoms with E-state index in [0.29, 0.717) is 6.61 Å². The van der Waals surface area contributed by atoms with Gasteiger partial charge < -0.3 is 15.0 Å². The third-order valence-electron chi connectivity index (χ3n) is 4.99. The number of aromatic nitrogens is 3. The topological polar surface area (TPSA) is 66.4 Å². The van der Waals surface area contributed by atoms with Crippen LogP contribution in [0.25, 0.3) is 10.3 Å². The summed E-state index contributed by atoms with van der Waals surface area (Å²) in [7, 11) is 5.67. The molecule has 0 aliphatic carbocycles. The molecule has 32 heavy (non-hydrogen) atoms. The van der Waals surface area contributed by atoms with Crippen LogP contribution in [0.1, 0.15) is 5.56 Å². The second-order valence-corrected chi connectivity index (χ2v) is 8.43. The van der Waals surface area contributed by atoms with Crippen molar-refractivity contribution in [2.24, 2.45) is 0 Å². The normalized spacial score (nSPS) is 11.3. The Bertz CT molecular complexity index is 1180. The van der Waals surface area contributed by atoms with E-state index in [2.05, 4.69) is 27.2 Å². The van der Waals surface area contributed by atoms with Gasteiger partial charge in [0.05, 0.1) is 6.61 Å². The van der Waals surface area contributed by atoms with E-state index in [0.717, 1.165) is 51.5 Å². The van der Waals surface area contributed by atoms with Crippen LogP contribution in [0.2, 0.25) is 0 Å².